The summed E-state index contributed by atoms with van der Waals surface area (Å²) < 4.78 is 13.3. The van der Waals surface area contributed by atoms with E-state index in [1.54, 1.807) is 23.5 Å². The maximum absolute atomic E-state index is 13.3. The largest absolute Gasteiger partial charge is 0.329 e. The van der Waals surface area contributed by atoms with E-state index in [-0.39, 0.29) is 11.4 Å². The Labute approximate surface area is 123 Å². The van der Waals surface area contributed by atoms with Gasteiger partial charge in [-0.25, -0.2) is 9.37 Å². The van der Waals surface area contributed by atoms with Gasteiger partial charge < -0.3 is 5.73 Å². The Balaban J connectivity index is 2.11. The maximum Gasteiger partial charge on any atom is 0.123 e. The van der Waals surface area contributed by atoms with Gasteiger partial charge in [0, 0.05) is 24.0 Å². The molecule has 108 valence electrons. The van der Waals surface area contributed by atoms with Crippen LogP contribution in [0.15, 0.2) is 35.2 Å². The summed E-state index contributed by atoms with van der Waals surface area (Å²) >= 11 is 1.59. The van der Waals surface area contributed by atoms with Gasteiger partial charge in [0.15, 0.2) is 0 Å². The van der Waals surface area contributed by atoms with Crippen molar-refractivity contribution in [2.75, 3.05) is 13.6 Å². The van der Waals surface area contributed by atoms with Gasteiger partial charge in [-0.1, -0.05) is 12.1 Å². The minimum atomic E-state index is -0.225. The molecule has 3 nitrogen and oxygen atoms in total. The van der Waals surface area contributed by atoms with Crippen LogP contribution in [0.1, 0.15) is 18.2 Å². The van der Waals surface area contributed by atoms with Crippen molar-refractivity contribution in [3.05, 3.63) is 52.2 Å². The van der Waals surface area contributed by atoms with Crippen LogP contribution in [0, 0.1) is 5.82 Å². The fourth-order valence-corrected chi connectivity index (χ4v) is 2.75. The quantitative estimate of drug-likeness (QED) is 0.890. The summed E-state index contributed by atoms with van der Waals surface area (Å²) in [6.45, 7) is 3.35. The molecule has 1 unspecified atom stereocenters. The van der Waals surface area contributed by atoms with Gasteiger partial charge in [-0.05, 0) is 38.1 Å². The summed E-state index contributed by atoms with van der Waals surface area (Å²) in [6.07, 6.45) is 0.710. The van der Waals surface area contributed by atoms with E-state index >= 15 is 0 Å². The topological polar surface area (TPSA) is 42.2 Å². The fraction of sp³-hybridized carbons (Fsp3) is 0.400. The predicted molar refractivity (Wildman–Crippen MR) is 81.1 cm³/mol. The van der Waals surface area contributed by atoms with Crippen LogP contribution in [0.2, 0.25) is 0 Å². The minimum Gasteiger partial charge on any atom is -0.329 e. The third-order valence-electron chi connectivity index (χ3n) is 3.72. The summed E-state index contributed by atoms with van der Waals surface area (Å²) in [5.41, 5.74) is 9.57. The zero-order valence-corrected chi connectivity index (χ0v) is 12.7. The molecule has 0 aliphatic rings. The van der Waals surface area contributed by atoms with Crippen LogP contribution < -0.4 is 5.73 Å². The summed E-state index contributed by atoms with van der Waals surface area (Å²) in [5.74, 6) is -0.205. The van der Waals surface area contributed by atoms with Gasteiger partial charge in [-0.2, -0.15) is 0 Å². The summed E-state index contributed by atoms with van der Waals surface area (Å²) in [6, 6.07) is 6.71. The molecule has 2 N–H and O–H groups in total. The molecule has 2 rings (SSSR count). The molecule has 0 saturated heterocycles. The standard InChI is InChI=1S/C15H20FN3S/c1-15(10-17,7-12-4-3-5-13(16)6-12)19(2)8-14-9-20-11-18-14/h3-6,9,11H,7-8,10,17H2,1-2H3. The van der Waals surface area contributed by atoms with Crippen molar-refractivity contribution in [1.82, 2.24) is 9.88 Å². The molecule has 0 amide bonds. The summed E-state index contributed by atoms with van der Waals surface area (Å²) in [4.78, 5) is 6.49. The summed E-state index contributed by atoms with van der Waals surface area (Å²) in [7, 11) is 2.03. The normalized spacial score (nSPS) is 14.4. The van der Waals surface area contributed by atoms with E-state index in [1.165, 1.54) is 6.07 Å². The highest BCUT2D eigenvalue weighted by molar-refractivity contribution is 7.07. The Hall–Kier alpha value is -1.30. The Morgan fingerprint density at radius 2 is 2.25 bits per heavy atom. The average molecular weight is 293 g/mol. The number of nitrogens with zero attached hydrogens (tertiary/aromatic N) is 2. The maximum atomic E-state index is 13.3. The van der Waals surface area contributed by atoms with Crippen molar-refractivity contribution < 1.29 is 4.39 Å². The molecular formula is C15H20FN3S. The monoisotopic (exact) mass is 293 g/mol. The van der Waals surface area contributed by atoms with E-state index in [2.05, 4.69) is 16.8 Å². The third-order valence-corrected chi connectivity index (χ3v) is 4.35. The molecule has 20 heavy (non-hydrogen) atoms. The number of halogens is 1. The van der Waals surface area contributed by atoms with Gasteiger partial charge in [-0.15, -0.1) is 11.3 Å². The molecule has 0 aliphatic carbocycles. The molecule has 1 aromatic heterocycles. The van der Waals surface area contributed by atoms with E-state index in [0.717, 1.165) is 17.8 Å². The lowest BCUT2D eigenvalue weighted by Crippen LogP contribution is -2.51. The number of thiazole rings is 1. The van der Waals surface area contributed by atoms with Gasteiger partial charge in [0.1, 0.15) is 5.82 Å². The van der Waals surface area contributed by atoms with Crippen molar-refractivity contribution >= 4 is 11.3 Å². The van der Waals surface area contributed by atoms with Crippen molar-refractivity contribution in [3.8, 4) is 0 Å². The van der Waals surface area contributed by atoms with Crippen molar-refractivity contribution in [1.29, 1.82) is 0 Å². The first-order chi connectivity index (χ1) is 9.53. The highest BCUT2D eigenvalue weighted by Crippen LogP contribution is 2.21. The van der Waals surface area contributed by atoms with Gasteiger partial charge in [0.25, 0.3) is 0 Å². The predicted octanol–water partition coefficient (Wildman–Crippen LogP) is 2.67. The van der Waals surface area contributed by atoms with E-state index in [1.807, 2.05) is 24.0 Å². The molecular weight excluding hydrogens is 273 g/mol. The van der Waals surface area contributed by atoms with E-state index in [9.17, 15) is 4.39 Å². The smallest absolute Gasteiger partial charge is 0.123 e. The lowest BCUT2D eigenvalue weighted by Gasteiger charge is -2.38. The van der Waals surface area contributed by atoms with Crippen LogP contribution in [0.4, 0.5) is 4.39 Å². The van der Waals surface area contributed by atoms with Crippen LogP contribution in [-0.2, 0) is 13.0 Å². The Morgan fingerprint density at radius 3 is 2.85 bits per heavy atom. The lowest BCUT2D eigenvalue weighted by atomic mass is 9.91. The van der Waals surface area contributed by atoms with Crippen LogP contribution in [0.25, 0.3) is 0 Å². The Bertz CT molecular complexity index is 544. The molecule has 0 bridgehead atoms. The zero-order chi connectivity index (χ0) is 14.6. The molecule has 5 heteroatoms. The highest BCUT2D eigenvalue weighted by Gasteiger charge is 2.28. The molecule has 1 atom stereocenters. The van der Waals surface area contributed by atoms with Crippen molar-refractivity contribution in [3.63, 3.8) is 0 Å². The van der Waals surface area contributed by atoms with Gasteiger partial charge >= 0.3 is 0 Å². The third kappa shape index (κ3) is 3.62. The molecule has 0 radical (unpaired) electrons. The minimum absolute atomic E-state index is 0.205. The number of likely N-dealkylation sites (N-methyl/N-ethyl adjacent to an activating group) is 1. The number of rotatable bonds is 6. The molecule has 2 aromatic rings. The van der Waals surface area contributed by atoms with Crippen molar-refractivity contribution in [2.45, 2.75) is 25.4 Å². The number of aromatic nitrogens is 1. The van der Waals surface area contributed by atoms with E-state index in [0.29, 0.717) is 13.0 Å². The number of nitrogens with two attached hydrogens (primary N) is 1. The van der Waals surface area contributed by atoms with Crippen LogP contribution in [0.3, 0.4) is 0 Å². The second kappa shape index (κ2) is 6.43. The van der Waals surface area contributed by atoms with Crippen LogP contribution in [-0.4, -0.2) is 29.0 Å². The average Bonchev–Trinajstić information content (AvgIpc) is 2.91. The Kier molecular flexibility index (Phi) is 4.86. The zero-order valence-electron chi connectivity index (χ0n) is 11.8. The second-order valence-electron chi connectivity index (χ2n) is 5.34. The molecule has 0 saturated carbocycles. The van der Waals surface area contributed by atoms with Crippen molar-refractivity contribution in [2.24, 2.45) is 5.73 Å². The Morgan fingerprint density at radius 1 is 1.45 bits per heavy atom. The van der Waals surface area contributed by atoms with Gasteiger partial charge in [0.2, 0.25) is 0 Å². The number of hydrogen-bond acceptors (Lipinski definition) is 4. The first kappa shape index (κ1) is 15.1. The molecule has 0 aliphatic heterocycles. The van der Waals surface area contributed by atoms with E-state index < -0.39 is 0 Å². The number of benzene rings is 1. The molecule has 1 aromatic carbocycles. The first-order valence-electron chi connectivity index (χ1n) is 6.56. The van der Waals surface area contributed by atoms with Gasteiger partial charge in [-0.3, -0.25) is 4.90 Å². The highest BCUT2D eigenvalue weighted by atomic mass is 32.1. The lowest BCUT2D eigenvalue weighted by molar-refractivity contribution is 0.134. The second-order valence-corrected chi connectivity index (χ2v) is 6.06. The first-order valence-corrected chi connectivity index (χ1v) is 7.50. The molecule has 0 spiro atoms. The van der Waals surface area contributed by atoms with Gasteiger partial charge in [0.05, 0.1) is 11.2 Å². The van der Waals surface area contributed by atoms with Crippen LogP contribution >= 0.6 is 11.3 Å². The molecule has 0 fully saturated rings. The molecule has 1 heterocycles. The van der Waals surface area contributed by atoms with E-state index in [4.69, 9.17) is 5.73 Å². The number of hydrogen-bond donors (Lipinski definition) is 1. The SMILES string of the molecule is CN(Cc1cscn1)C(C)(CN)Cc1cccc(F)c1. The van der Waals surface area contributed by atoms with Crippen LogP contribution in [0.5, 0.6) is 0 Å². The fourth-order valence-electron chi connectivity index (χ4n) is 2.20. The summed E-state index contributed by atoms with van der Waals surface area (Å²) in [5, 5.41) is 2.04.